The Labute approximate surface area is 118 Å². The topological polar surface area (TPSA) is 56.5 Å². The Morgan fingerprint density at radius 2 is 1.75 bits per heavy atom. The summed E-state index contributed by atoms with van der Waals surface area (Å²) in [6.45, 7) is 4.01. The fourth-order valence-electron chi connectivity index (χ4n) is 2.22. The van der Waals surface area contributed by atoms with Crippen LogP contribution in [0.3, 0.4) is 0 Å². The number of aliphatic hydroxyl groups is 1. The molecule has 0 amide bonds. The van der Waals surface area contributed by atoms with Gasteiger partial charge in [0.25, 0.3) is 0 Å². The summed E-state index contributed by atoms with van der Waals surface area (Å²) >= 11 is 0. The lowest BCUT2D eigenvalue weighted by Gasteiger charge is -2.19. The predicted octanol–water partition coefficient (Wildman–Crippen LogP) is 2.56. The number of hydrogen-bond donors (Lipinski definition) is 1. The lowest BCUT2D eigenvalue weighted by molar-refractivity contribution is 0.195. The number of aliphatic hydroxyl groups excluding tert-OH is 1. The minimum atomic E-state index is -0.856. The Kier molecular flexibility index (Phi) is 4.29. The van der Waals surface area contributed by atoms with E-state index in [2.05, 4.69) is 5.10 Å². The van der Waals surface area contributed by atoms with Gasteiger partial charge < -0.3 is 14.6 Å². The SMILES string of the molecule is COc1ccccc1C(O)c1c(OC)cnn1C(C)C. The van der Waals surface area contributed by atoms with Gasteiger partial charge >= 0.3 is 0 Å². The first-order chi connectivity index (χ1) is 9.60. The van der Waals surface area contributed by atoms with Gasteiger partial charge in [-0.15, -0.1) is 0 Å². The molecule has 1 aromatic heterocycles. The Morgan fingerprint density at radius 1 is 1.10 bits per heavy atom. The number of rotatable bonds is 5. The molecule has 0 saturated heterocycles. The quantitative estimate of drug-likeness (QED) is 0.912. The Balaban J connectivity index is 2.52. The van der Waals surface area contributed by atoms with Gasteiger partial charge in [0, 0.05) is 11.6 Å². The lowest BCUT2D eigenvalue weighted by atomic mass is 10.0. The first-order valence-electron chi connectivity index (χ1n) is 6.52. The molecule has 0 bridgehead atoms. The number of methoxy groups -OCH3 is 2. The number of aromatic nitrogens is 2. The maximum absolute atomic E-state index is 10.7. The zero-order valence-corrected chi connectivity index (χ0v) is 12.2. The zero-order chi connectivity index (χ0) is 14.7. The standard InChI is InChI=1S/C15H20N2O3/c1-10(2)17-14(13(20-4)9-16-17)15(18)11-7-5-6-8-12(11)19-3/h5-10,15,18H,1-4H3. The smallest absolute Gasteiger partial charge is 0.163 e. The van der Waals surface area contributed by atoms with Crippen LogP contribution < -0.4 is 9.47 Å². The molecule has 1 atom stereocenters. The minimum absolute atomic E-state index is 0.123. The Bertz CT molecular complexity index is 578. The van der Waals surface area contributed by atoms with E-state index in [9.17, 15) is 5.11 Å². The highest BCUT2D eigenvalue weighted by atomic mass is 16.5. The molecular formula is C15H20N2O3. The van der Waals surface area contributed by atoms with E-state index in [-0.39, 0.29) is 6.04 Å². The highest BCUT2D eigenvalue weighted by molar-refractivity contribution is 5.42. The Morgan fingerprint density at radius 3 is 2.35 bits per heavy atom. The molecule has 20 heavy (non-hydrogen) atoms. The molecule has 5 nitrogen and oxygen atoms in total. The molecule has 1 heterocycles. The fourth-order valence-corrected chi connectivity index (χ4v) is 2.22. The van der Waals surface area contributed by atoms with Gasteiger partial charge in [-0.2, -0.15) is 5.10 Å². The van der Waals surface area contributed by atoms with Gasteiger partial charge in [-0.05, 0) is 19.9 Å². The van der Waals surface area contributed by atoms with Crippen LogP contribution in [-0.4, -0.2) is 29.1 Å². The van der Waals surface area contributed by atoms with Gasteiger partial charge in [0.2, 0.25) is 0 Å². The molecular weight excluding hydrogens is 256 g/mol. The zero-order valence-electron chi connectivity index (χ0n) is 12.2. The molecule has 2 aromatic rings. The summed E-state index contributed by atoms with van der Waals surface area (Å²) in [6.07, 6.45) is 0.763. The van der Waals surface area contributed by atoms with Crippen molar-refractivity contribution in [3.05, 3.63) is 41.7 Å². The molecule has 5 heteroatoms. The molecule has 0 aliphatic carbocycles. The van der Waals surface area contributed by atoms with Crippen molar-refractivity contribution in [1.82, 2.24) is 9.78 Å². The highest BCUT2D eigenvalue weighted by Gasteiger charge is 2.25. The average Bonchev–Trinajstić information content (AvgIpc) is 2.90. The van der Waals surface area contributed by atoms with Crippen molar-refractivity contribution in [1.29, 1.82) is 0 Å². The second kappa shape index (κ2) is 5.96. The van der Waals surface area contributed by atoms with Gasteiger partial charge in [0.1, 0.15) is 17.5 Å². The second-order valence-electron chi connectivity index (χ2n) is 4.78. The van der Waals surface area contributed by atoms with Crippen LogP contribution in [0.2, 0.25) is 0 Å². The van der Waals surface area contributed by atoms with Crippen LogP contribution in [0.5, 0.6) is 11.5 Å². The highest BCUT2D eigenvalue weighted by Crippen LogP contribution is 2.35. The second-order valence-corrected chi connectivity index (χ2v) is 4.78. The first kappa shape index (κ1) is 14.4. The normalized spacial score (nSPS) is 12.5. The molecule has 2 rings (SSSR count). The van der Waals surface area contributed by atoms with E-state index in [0.29, 0.717) is 22.8 Å². The average molecular weight is 276 g/mol. The molecule has 0 aliphatic rings. The van der Waals surface area contributed by atoms with Crippen LogP contribution in [0.4, 0.5) is 0 Å². The Hall–Kier alpha value is -2.01. The number of hydrogen-bond acceptors (Lipinski definition) is 4. The van der Waals surface area contributed by atoms with Crippen LogP contribution in [-0.2, 0) is 0 Å². The van der Waals surface area contributed by atoms with Crippen molar-refractivity contribution in [2.75, 3.05) is 14.2 Å². The van der Waals surface area contributed by atoms with Crippen LogP contribution in [0, 0.1) is 0 Å². The van der Waals surface area contributed by atoms with E-state index in [4.69, 9.17) is 9.47 Å². The third kappa shape index (κ3) is 2.49. The molecule has 0 aliphatic heterocycles. The fraction of sp³-hybridized carbons (Fsp3) is 0.400. The summed E-state index contributed by atoms with van der Waals surface area (Å²) in [6, 6.07) is 7.51. The monoisotopic (exact) mass is 276 g/mol. The molecule has 0 fully saturated rings. The largest absolute Gasteiger partial charge is 0.496 e. The van der Waals surface area contributed by atoms with Gasteiger partial charge in [-0.25, -0.2) is 0 Å². The lowest BCUT2D eigenvalue weighted by Crippen LogP contribution is -2.13. The van der Waals surface area contributed by atoms with Gasteiger partial charge in [-0.3, -0.25) is 4.68 Å². The summed E-state index contributed by atoms with van der Waals surface area (Å²) in [5, 5.41) is 15.0. The van der Waals surface area contributed by atoms with Crippen LogP contribution >= 0.6 is 0 Å². The van der Waals surface area contributed by atoms with Crippen LogP contribution in [0.25, 0.3) is 0 Å². The number of nitrogens with zero attached hydrogens (tertiary/aromatic N) is 2. The summed E-state index contributed by atoms with van der Waals surface area (Å²) in [5.74, 6) is 1.20. The maximum atomic E-state index is 10.7. The van der Waals surface area contributed by atoms with E-state index in [1.807, 2.05) is 38.1 Å². The van der Waals surface area contributed by atoms with Crippen molar-refractivity contribution in [3.63, 3.8) is 0 Å². The molecule has 0 radical (unpaired) electrons. The van der Waals surface area contributed by atoms with E-state index < -0.39 is 6.10 Å². The predicted molar refractivity (Wildman–Crippen MR) is 76.2 cm³/mol. The van der Waals surface area contributed by atoms with E-state index >= 15 is 0 Å². The van der Waals surface area contributed by atoms with Crippen molar-refractivity contribution in [2.24, 2.45) is 0 Å². The summed E-state index contributed by atoms with van der Waals surface area (Å²) in [5.41, 5.74) is 1.32. The van der Waals surface area contributed by atoms with Crippen LogP contribution in [0.15, 0.2) is 30.5 Å². The summed E-state index contributed by atoms with van der Waals surface area (Å²) in [4.78, 5) is 0. The number of benzene rings is 1. The molecule has 1 aromatic carbocycles. The minimum Gasteiger partial charge on any atom is -0.496 e. The van der Waals surface area contributed by atoms with E-state index in [1.165, 1.54) is 0 Å². The van der Waals surface area contributed by atoms with Crippen LogP contribution in [0.1, 0.15) is 37.3 Å². The molecule has 1 unspecified atom stereocenters. The molecule has 1 N–H and O–H groups in total. The van der Waals surface area contributed by atoms with Gasteiger partial charge in [0.05, 0.1) is 20.4 Å². The molecule has 108 valence electrons. The number of para-hydroxylation sites is 1. The summed E-state index contributed by atoms with van der Waals surface area (Å²) < 4.78 is 12.4. The maximum Gasteiger partial charge on any atom is 0.163 e. The van der Waals surface area contributed by atoms with E-state index in [1.54, 1.807) is 25.1 Å². The molecule has 0 spiro atoms. The third-order valence-electron chi connectivity index (χ3n) is 3.20. The van der Waals surface area contributed by atoms with Crippen molar-refractivity contribution >= 4 is 0 Å². The first-order valence-corrected chi connectivity index (χ1v) is 6.52. The molecule has 0 saturated carbocycles. The third-order valence-corrected chi connectivity index (χ3v) is 3.20. The van der Waals surface area contributed by atoms with Gasteiger partial charge in [-0.1, -0.05) is 18.2 Å². The summed E-state index contributed by atoms with van der Waals surface area (Å²) in [7, 11) is 3.16. The van der Waals surface area contributed by atoms with Crippen molar-refractivity contribution in [2.45, 2.75) is 26.0 Å². The van der Waals surface area contributed by atoms with E-state index in [0.717, 1.165) is 0 Å². The van der Waals surface area contributed by atoms with Gasteiger partial charge in [0.15, 0.2) is 5.75 Å². The van der Waals surface area contributed by atoms with Crippen molar-refractivity contribution in [3.8, 4) is 11.5 Å². The van der Waals surface area contributed by atoms with Crippen molar-refractivity contribution < 1.29 is 14.6 Å². The number of ether oxygens (including phenoxy) is 2.